The maximum absolute atomic E-state index is 14.5. The normalized spacial score (nSPS) is 13.0. The Hall–Kier alpha value is -4.32. The van der Waals surface area contributed by atoms with Gasteiger partial charge in [-0.05, 0) is 66.1 Å². The molecule has 0 unspecified atom stereocenters. The quantitative estimate of drug-likeness (QED) is 0.175. The summed E-state index contributed by atoms with van der Waals surface area (Å²) in [4.78, 5) is 29.5. The molecule has 0 saturated carbocycles. The number of anilines is 1. The SMILES string of the molecule is CCCNC(=O)[C@@H](Cc1ccccc1)N(Cc1ccc(Cl)c(Cl)c1)C(=O)CN(c1ccc(F)cc1)S(=O)(=O)c1ccc2c(c1)OCCO2. The van der Waals surface area contributed by atoms with Crippen molar-refractivity contribution in [3.05, 3.63) is 118 Å². The standard InChI is InChI=1S/C35H34Cl2FN3O6S/c1-2-16-39-35(43)31(20-24-6-4-3-5-7-24)40(22-25-8-14-29(36)30(37)19-25)34(42)23-41(27-11-9-26(38)10-12-27)48(44,45)28-13-15-32-33(21-28)47-18-17-46-32/h3-15,19,21,31H,2,16-18,20,22-23H2,1H3,(H,39,43)/t31-/m1/s1. The molecular weight excluding hydrogens is 680 g/mol. The highest BCUT2D eigenvalue weighted by Crippen LogP contribution is 2.34. The van der Waals surface area contributed by atoms with Crippen molar-refractivity contribution in [2.24, 2.45) is 0 Å². The summed E-state index contributed by atoms with van der Waals surface area (Å²) in [6.07, 6.45) is 0.811. The number of amides is 2. The van der Waals surface area contributed by atoms with Gasteiger partial charge in [0.05, 0.1) is 20.6 Å². The smallest absolute Gasteiger partial charge is 0.264 e. The molecule has 0 aromatic heterocycles. The van der Waals surface area contributed by atoms with Crippen LogP contribution in [0.15, 0.2) is 95.9 Å². The molecule has 0 radical (unpaired) electrons. The molecule has 0 aliphatic carbocycles. The van der Waals surface area contributed by atoms with Gasteiger partial charge >= 0.3 is 0 Å². The monoisotopic (exact) mass is 713 g/mol. The molecule has 0 bridgehead atoms. The third-order valence-electron chi connectivity index (χ3n) is 7.65. The minimum atomic E-state index is -4.44. The van der Waals surface area contributed by atoms with E-state index >= 15 is 0 Å². The zero-order valence-electron chi connectivity index (χ0n) is 26.1. The highest BCUT2D eigenvalue weighted by atomic mass is 35.5. The molecule has 0 spiro atoms. The van der Waals surface area contributed by atoms with Gasteiger partial charge in [0.15, 0.2) is 11.5 Å². The third kappa shape index (κ3) is 8.39. The summed E-state index contributed by atoms with van der Waals surface area (Å²) in [5.74, 6) is -1.04. The Kier molecular flexibility index (Phi) is 11.5. The first-order valence-electron chi connectivity index (χ1n) is 15.3. The average Bonchev–Trinajstić information content (AvgIpc) is 3.09. The molecule has 0 saturated heterocycles. The van der Waals surface area contributed by atoms with Gasteiger partial charge in [-0.1, -0.05) is 66.5 Å². The molecule has 1 N–H and O–H groups in total. The van der Waals surface area contributed by atoms with Crippen molar-refractivity contribution in [3.8, 4) is 11.5 Å². The van der Waals surface area contributed by atoms with Crippen LogP contribution < -0.4 is 19.1 Å². The van der Waals surface area contributed by atoms with Crippen LogP contribution in [-0.2, 0) is 32.6 Å². The van der Waals surface area contributed by atoms with Crippen molar-refractivity contribution in [3.63, 3.8) is 0 Å². The lowest BCUT2D eigenvalue weighted by molar-refractivity contribution is -0.140. The molecule has 48 heavy (non-hydrogen) atoms. The van der Waals surface area contributed by atoms with Crippen LogP contribution in [0.2, 0.25) is 10.0 Å². The summed E-state index contributed by atoms with van der Waals surface area (Å²) in [6, 6.07) is 22.0. The van der Waals surface area contributed by atoms with E-state index in [1.54, 1.807) is 18.2 Å². The van der Waals surface area contributed by atoms with Gasteiger partial charge in [-0.15, -0.1) is 0 Å². The summed E-state index contributed by atoms with van der Waals surface area (Å²) < 4.78 is 54.7. The molecule has 1 aliphatic heterocycles. The number of hydrogen-bond acceptors (Lipinski definition) is 6. The van der Waals surface area contributed by atoms with Gasteiger partial charge in [-0.25, -0.2) is 12.8 Å². The van der Waals surface area contributed by atoms with Crippen LogP contribution in [0.4, 0.5) is 10.1 Å². The first kappa shape index (κ1) is 35.0. The van der Waals surface area contributed by atoms with Crippen LogP contribution in [0.1, 0.15) is 24.5 Å². The number of ether oxygens (including phenoxy) is 2. The fourth-order valence-electron chi connectivity index (χ4n) is 5.20. The summed E-state index contributed by atoms with van der Waals surface area (Å²) >= 11 is 12.5. The number of fused-ring (bicyclic) bond motifs is 1. The van der Waals surface area contributed by atoms with Gasteiger partial charge in [0.1, 0.15) is 31.6 Å². The van der Waals surface area contributed by atoms with Crippen molar-refractivity contribution in [1.29, 1.82) is 0 Å². The Morgan fingerprint density at radius 2 is 1.58 bits per heavy atom. The van der Waals surface area contributed by atoms with E-state index in [4.69, 9.17) is 32.7 Å². The topological polar surface area (TPSA) is 105 Å². The lowest BCUT2D eigenvalue weighted by Crippen LogP contribution is -2.53. The summed E-state index contributed by atoms with van der Waals surface area (Å²) in [6.45, 7) is 2.04. The van der Waals surface area contributed by atoms with Crippen LogP contribution >= 0.6 is 23.2 Å². The number of nitrogens with one attached hydrogen (secondary N) is 1. The van der Waals surface area contributed by atoms with E-state index in [2.05, 4.69) is 5.32 Å². The second-order valence-electron chi connectivity index (χ2n) is 11.1. The van der Waals surface area contributed by atoms with Gasteiger partial charge in [-0.2, -0.15) is 0 Å². The molecule has 1 heterocycles. The molecule has 13 heteroatoms. The largest absolute Gasteiger partial charge is 0.486 e. The number of benzene rings is 4. The summed E-state index contributed by atoms with van der Waals surface area (Å²) in [5, 5.41) is 3.46. The van der Waals surface area contributed by atoms with Crippen LogP contribution in [0.25, 0.3) is 0 Å². The molecule has 1 atom stereocenters. The van der Waals surface area contributed by atoms with E-state index in [9.17, 15) is 22.4 Å². The second kappa shape index (κ2) is 15.7. The van der Waals surface area contributed by atoms with Crippen LogP contribution in [-0.4, -0.2) is 57.5 Å². The van der Waals surface area contributed by atoms with Crippen LogP contribution in [0, 0.1) is 5.82 Å². The van der Waals surface area contributed by atoms with Gasteiger partial charge in [0.2, 0.25) is 11.8 Å². The Balaban J connectivity index is 1.58. The van der Waals surface area contributed by atoms with Crippen molar-refractivity contribution in [1.82, 2.24) is 10.2 Å². The first-order chi connectivity index (χ1) is 23.1. The van der Waals surface area contributed by atoms with Crippen LogP contribution in [0.3, 0.4) is 0 Å². The predicted molar refractivity (Wildman–Crippen MR) is 183 cm³/mol. The Morgan fingerprint density at radius 3 is 2.27 bits per heavy atom. The lowest BCUT2D eigenvalue weighted by Gasteiger charge is -2.34. The Labute approximate surface area is 289 Å². The highest BCUT2D eigenvalue weighted by Gasteiger charge is 2.35. The Bertz CT molecular complexity index is 1860. The number of hydrogen-bond donors (Lipinski definition) is 1. The first-order valence-corrected chi connectivity index (χ1v) is 17.5. The molecule has 2 amide bonds. The molecule has 5 rings (SSSR count). The fourth-order valence-corrected chi connectivity index (χ4v) is 6.95. The number of carbonyl (C=O) groups excluding carboxylic acids is 2. The van der Waals surface area contributed by atoms with E-state index < -0.39 is 40.2 Å². The number of rotatable bonds is 13. The third-order valence-corrected chi connectivity index (χ3v) is 10.2. The minimum Gasteiger partial charge on any atom is -0.486 e. The lowest BCUT2D eigenvalue weighted by atomic mass is 10.0. The minimum absolute atomic E-state index is 0.0455. The molecular formula is C35H34Cl2FN3O6S. The molecule has 4 aromatic carbocycles. The van der Waals surface area contributed by atoms with Crippen molar-refractivity contribution in [2.75, 3.05) is 30.6 Å². The van der Waals surface area contributed by atoms with Gasteiger partial charge in [0.25, 0.3) is 10.0 Å². The molecule has 0 fully saturated rings. The van der Waals surface area contributed by atoms with Gasteiger partial charge in [-0.3, -0.25) is 13.9 Å². The van der Waals surface area contributed by atoms with Gasteiger partial charge in [0, 0.05) is 25.6 Å². The zero-order chi connectivity index (χ0) is 34.3. The molecule has 9 nitrogen and oxygen atoms in total. The second-order valence-corrected chi connectivity index (χ2v) is 13.7. The zero-order valence-corrected chi connectivity index (χ0v) is 28.4. The molecule has 1 aliphatic rings. The van der Waals surface area contributed by atoms with Crippen molar-refractivity contribution >= 4 is 50.7 Å². The summed E-state index contributed by atoms with van der Waals surface area (Å²) in [7, 11) is -4.44. The maximum Gasteiger partial charge on any atom is 0.264 e. The maximum atomic E-state index is 14.5. The van der Waals surface area contributed by atoms with Crippen molar-refractivity contribution < 1.29 is 31.9 Å². The Morgan fingerprint density at radius 1 is 0.875 bits per heavy atom. The number of sulfonamides is 1. The van der Waals surface area contributed by atoms with Crippen molar-refractivity contribution in [2.45, 2.75) is 37.2 Å². The fraction of sp³-hybridized carbons (Fsp3) is 0.257. The van der Waals surface area contributed by atoms with E-state index in [0.29, 0.717) is 35.9 Å². The summed E-state index contributed by atoms with van der Waals surface area (Å²) in [5.41, 5.74) is 1.41. The molecule has 252 valence electrons. The van der Waals surface area contributed by atoms with E-state index in [0.717, 1.165) is 22.0 Å². The van der Waals surface area contributed by atoms with Crippen LogP contribution in [0.5, 0.6) is 11.5 Å². The predicted octanol–water partition coefficient (Wildman–Crippen LogP) is 6.27. The number of carbonyl (C=O) groups is 2. The number of nitrogens with zero attached hydrogens (tertiary/aromatic N) is 2. The highest BCUT2D eigenvalue weighted by molar-refractivity contribution is 7.92. The van der Waals surface area contributed by atoms with E-state index in [-0.39, 0.29) is 40.9 Å². The average molecular weight is 715 g/mol. The van der Waals surface area contributed by atoms with E-state index in [1.807, 2.05) is 37.3 Å². The van der Waals surface area contributed by atoms with Gasteiger partial charge < -0.3 is 19.7 Å². The van der Waals surface area contributed by atoms with E-state index in [1.165, 1.54) is 35.2 Å². The number of halogens is 3. The molecule has 4 aromatic rings.